The standard InChI is InChI=1S/C14H15NO5/c1-7-9-5-3-4-6-10(9)20-12(7)13(17)15-11(8(2)16)14(18)19/h3-6,8,11,16H,1-2H3,(H,15,17)(H,18,19)/t8-,11+/m1/s1. The topological polar surface area (TPSA) is 99.8 Å². The maximum Gasteiger partial charge on any atom is 0.328 e. The molecule has 6 nitrogen and oxygen atoms in total. The van der Waals surface area contributed by atoms with E-state index in [-0.39, 0.29) is 5.76 Å². The monoisotopic (exact) mass is 277 g/mol. The van der Waals surface area contributed by atoms with Gasteiger partial charge in [0.1, 0.15) is 5.58 Å². The zero-order valence-electron chi connectivity index (χ0n) is 11.1. The average molecular weight is 277 g/mol. The first kappa shape index (κ1) is 14.1. The molecular formula is C14H15NO5. The molecule has 6 heteroatoms. The first-order valence-corrected chi connectivity index (χ1v) is 6.11. The van der Waals surface area contributed by atoms with E-state index in [0.29, 0.717) is 11.1 Å². The van der Waals surface area contributed by atoms with Gasteiger partial charge in [-0.25, -0.2) is 4.79 Å². The van der Waals surface area contributed by atoms with Gasteiger partial charge in [0.05, 0.1) is 6.10 Å². The van der Waals surface area contributed by atoms with Crippen molar-refractivity contribution in [1.82, 2.24) is 5.32 Å². The van der Waals surface area contributed by atoms with Crippen LogP contribution in [0.2, 0.25) is 0 Å². The third-order valence-corrected chi connectivity index (χ3v) is 3.08. The van der Waals surface area contributed by atoms with Gasteiger partial charge in [0.2, 0.25) is 0 Å². The highest BCUT2D eigenvalue weighted by Crippen LogP contribution is 2.24. The van der Waals surface area contributed by atoms with Crippen molar-refractivity contribution in [3.05, 3.63) is 35.6 Å². The molecule has 0 aliphatic carbocycles. The lowest BCUT2D eigenvalue weighted by molar-refractivity contribution is -0.141. The Labute approximate surface area is 115 Å². The predicted molar refractivity (Wildman–Crippen MR) is 71.5 cm³/mol. The maximum atomic E-state index is 12.1. The highest BCUT2D eigenvalue weighted by Gasteiger charge is 2.27. The number of carbonyl (C=O) groups is 2. The highest BCUT2D eigenvalue weighted by molar-refractivity contribution is 6.00. The molecule has 1 aromatic carbocycles. The highest BCUT2D eigenvalue weighted by atomic mass is 16.4. The molecule has 0 spiro atoms. The second kappa shape index (κ2) is 5.34. The molecule has 0 saturated carbocycles. The number of carbonyl (C=O) groups excluding carboxylic acids is 1. The van der Waals surface area contributed by atoms with Crippen LogP contribution in [0.1, 0.15) is 23.0 Å². The van der Waals surface area contributed by atoms with E-state index in [1.807, 2.05) is 12.1 Å². The lowest BCUT2D eigenvalue weighted by atomic mass is 10.1. The molecule has 0 aliphatic rings. The van der Waals surface area contributed by atoms with E-state index in [2.05, 4.69) is 5.32 Å². The number of aliphatic hydroxyl groups is 1. The minimum atomic E-state index is -1.38. The number of carboxylic acids is 1. The summed E-state index contributed by atoms with van der Waals surface area (Å²) in [6.07, 6.45) is -1.21. The van der Waals surface area contributed by atoms with Crippen molar-refractivity contribution in [1.29, 1.82) is 0 Å². The molecule has 106 valence electrons. The van der Waals surface area contributed by atoms with Gasteiger partial charge in [-0.2, -0.15) is 0 Å². The molecule has 2 rings (SSSR count). The van der Waals surface area contributed by atoms with E-state index in [0.717, 1.165) is 5.39 Å². The Bertz CT molecular complexity index is 659. The van der Waals surface area contributed by atoms with Gasteiger partial charge in [0, 0.05) is 10.9 Å². The maximum absolute atomic E-state index is 12.1. The number of carboxylic acid groups (broad SMARTS) is 1. The third kappa shape index (κ3) is 2.50. The number of rotatable bonds is 4. The number of benzene rings is 1. The number of para-hydroxylation sites is 1. The second-order valence-corrected chi connectivity index (χ2v) is 4.58. The zero-order valence-corrected chi connectivity index (χ0v) is 11.1. The summed E-state index contributed by atoms with van der Waals surface area (Å²) >= 11 is 0. The molecule has 3 N–H and O–H groups in total. The molecule has 1 aromatic heterocycles. The molecule has 0 fully saturated rings. The minimum absolute atomic E-state index is 0.0538. The van der Waals surface area contributed by atoms with Gasteiger partial charge >= 0.3 is 5.97 Å². The lowest BCUT2D eigenvalue weighted by Gasteiger charge is -2.16. The van der Waals surface area contributed by atoms with Gasteiger partial charge in [0.25, 0.3) is 5.91 Å². The van der Waals surface area contributed by atoms with Crippen LogP contribution in [0.3, 0.4) is 0 Å². The fourth-order valence-corrected chi connectivity index (χ4v) is 1.99. The Morgan fingerprint density at radius 1 is 1.30 bits per heavy atom. The molecule has 0 unspecified atom stereocenters. The summed E-state index contributed by atoms with van der Waals surface area (Å²) < 4.78 is 5.43. The van der Waals surface area contributed by atoms with Crippen LogP contribution in [-0.4, -0.2) is 34.2 Å². The third-order valence-electron chi connectivity index (χ3n) is 3.08. The van der Waals surface area contributed by atoms with Crippen molar-refractivity contribution in [3.63, 3.8) is 0 Å². The Morgan fingerprint density at radius 3 is 2.50 bits per heavy atom. The molecule has 1 heterocycles. The number of amides is 1. The largest absolute Gasteiger partial charge is 0.480 e. The first-order valence-electron chi connectivity index (χ1n) is 6.11. The van der Waals surface area contributed by atoms with Crippen LogP contribution in [0.25, 0.3) is 11.0 Å². The normalized spacial score (nSPS) is 13.9. The molecule has 2 aromatic rings. The molecular weight excluding hydrogens is 262 g/mol. The Hall–Kier alpha value is -2.34. The first-order chi connectivity index (χ1) is 9.41. The van der Waals surface area contributed by atoms with Crippen LogP contribution in [0.5, 0.6) is 0 Å². The van der Waals surface area contributed by atoms with Crippen LogP contribution in [0, 0.1) is 6.92 Å². The number of aryl methyl sites for hydroxylation is 1. The SMILES string of the molecule is Cc1c(C(=O)N[C@H](C(=O)O)[C@@H](C)O)oc2ccccc12. The summed E-state index contributed by atoms with van der Waals surface area (Å²) in [4.78, 5) is 23.0. The van der Waals surface area contributed by atoms with E-state index < -0.39 is 24.0 Å². The number of aliphatic carboxylic acids is 1. The zero-order chi connectivity index (χ0) is 14.9. The van der Waals surface area contributed by atoms with Gasteiger partial charge in [-0.05, 0) is 19.9 Å². The molecule has 20 heavy (non-hydrogen) atoms. The van der Waals surface area contributed by atoms with Gasteiger partial charge in [0.15, 0.2) is 11.8 Å². The molecule has 0 aliphatic heterocycles. The number of hydrogen-bond donors (Lipinski definition) is 3. The van der Waals surface area contributed by atoms with Gasteiger partial charge < -0.3 is 19.9 Å². The number of nitrogens with one attached hydrogen (secondary N) is 1. The van der Waals surface area contributed by atoms with E-state index in [4.69, 9.17) is 9.52 Å². The fraction of sp³-hybridized carbons (Fsp3) is 0.286. The smallest absolute Gasteiger partial charge is 0.328 e. The van der Waals surface area contributed by atoms with E-state index in [1.165, 1.54) is 6.92 Å². The van der Waals surface area contributed by atoms with Gasteiger partial charge in [-0.15, -0.1) is 0 Å². The quantitative estimate of drug-likeness (QED) is 0.782. The molecule has 0 radical (unpaired) electrons. The number of aliphatic hydroxyl groups excluding tert-OH is 1. The Morgan fingerprint density at radius 2 is 1.95 bits per heavy atom. The summed E-state index contributed by atoms with van der Waals surface area (Å²) in [5, 5.41) is 21.3. The summed E-state index contributed by atoms with van der Waals surface area (Å²) in [7, 11) is 0. The number of furan rings is 1. The van der Waals surface area contributed by atoms with Crippen molar-refractivity contribution in [3.8, 4) is 0 Å². The number of fused-ring (bicyclic) bond motifs is 1. The van der Waals surface area contributed by atoms with E-state index in [9.17, 15) is 14.7 Å². The fourth-order valence-electron chi connectivity index (χ4n) is 1.99. The van der Waals surface area contributed by atoms with Crippen molar-refractivity contribution >= 4 is 22.8 Å². The Balaban J connectivity index is 2.32. The second-order valence-electron chi connectivity index (χ2n) is 4.58. The van der Waals surface area contributed by atoms with Crippen molar-refractivity contribution in [2.24, 2.45) is 0 Å². The van der Waals surface area contributed by atoms with Crippen LogP contribution in [0.4, 0.5) is 0 Å². The van der Waals surface area contributed by atoms with E-state index >= 15 is 0 Å². The van der Waals surface area contributed by atoms with Crippen LogP contribution in [0.15, 0.2) is 28.7 Å². The van der Waals surface area contributed by atoms with Crippen LogP contribution < -0.4 is 5.32 Å². The summed E-state index contributed by atoms with van der Waals surface area (Å²) in [6, 6.07) is 5.76. The molecule has 2 atom stereocenters. The van der Waals surface area contributed by atoms with Crippen molar-refractivity contribution in [2.75, 3.05) is 0 Å². The van der Waals surface area contributed by atoms with Crippen LogP contribution >= 0.6 is 0 Å². The Kier molecular flexibility index (Phi) is 3.76. The van der Waals surface area contributed by atoms with Gasteiger partial charge in [-0.3, -0.25) is 4.79 Å². The van der Waals surface area contributed by atoms with Gasteiger partial charge in [-0.1, -0.05) is 18.2 Å². The molecule has 0 saturated heterocycles. The van der Waals surface area contributed by atoms with Crippen LogP contribution in [-0.2, 0) is 4.79 Å². The summed E-state index contributed by atoms with van der Waals surface area (Å²) in [5.74, 6) is -1.91. The molecule has 0 bridgehead atoms. The molecule has 1 amide bonds. The summed E-state index contributed by atoms with van der Waals surface area (Å²) in [6.45, 7) is 3.02. The lowest BCUT2D eigenvalue weighted by Crippen LogP contribution is -2.47. The predicted octanol–water partition coefficient (Wildman–Crippen LogP) is 1.31. The van der Waals surface area contributed by atoms with Crippen molar-refractivity contribution < 1.29 is 24.2 Å². The van der Waals surface area contributed by atoms with E-state index in [1.54, 1.807) is 19.1 Å². The minimum Gasteiger partial charge on any atom is -0.480 e. The average Bonchev–Trinajstić information content (AvgIpc) is 2.73. The van der Waals surface area contributed by atoms with Crippen molar-refractivity contribution in [2.45, 2.75) is 26.0 Å². The number of hydrogen-bond acceptors (Lipinski definition) is 4. The summed E-state index contributed by atoms with van der Waals surface area (Å²) in [5.41, 5.74) is 1.19.